The first kappa shape index (κ1) is 22.9. The van der Waals surface area contributed by atoms with Crippen molar-refractivity contribution in [1.82, 2.24) is 19.9 Å². The smallest absolute Gasteiger partial charge is 0.229 e. The van der Waals surface area contributed by atoms with Crippen LogP contribution in [0.1, 0.15) is 26.7 Å². The van der Waals surface area contributed by atoms with Gasteiger partial charge < -0.3 is 9.80 Å². The molecule has 1 amide bonds. The lowest BCUT2D eigenvalue weighted by Gasteiger charge is -2.35. The summed E-state index contributed by atoms with van der Waals surface area (Å²) in [5.74, 6) is 1.27. The largest absolute Gasteiger partial charge is 0.354 e. The van der Waals surface area contributed by atoms with Gasteiger partial charge in [-0.1, -0.05) is 38.1 Å². The van der Waals surface area contributed by atoms with Crippen molar-refractivity contribution < 1.29 is 4.79 Å². The summed E-state index contributed by atoms with van der Waals surface area (Å²) in [5, 5.41) is 5.04. The molecule has 0 atom stereocenters. The van der Waals surface area contributed by atoms with E-state index in [1.165, 1.54) is 0 Å². The maximum atomic E-state index is 11.8. The highest BCUT2D eigenvalue weighted by atomic mass is 35.5. The number of hydrogen-bond donors (Lipinski definition) is 1. The minimum Gasteiger partial charge on any atom is -0.354 e. The molecule has 4 rings (SSSR count). The lowest BCUT2D eigenvalue weighted by atomic mass is 10.1. The minimum absolute atomic E-state index is 0. The second kappa shape index (κ2) is 10.5. The van der Waals surface area contributed by atoms with E-state index < -0.39 is 0 Å². The fourth-order valence-electron chi connectivity index (χ4n) is 3.78. The Labute approximate surface area is 189 Å². The first-order valence-corrected chi connectivity index (χ1v) is 10.7. The van der Waals surface area contributed by atoms with Crippen molar-refractivity contribution >= 4 is 40.9 Å². The molecule has 0 spiro atoms. The Morgan fingerprint density at radius 2 is 1.77 bits per heavy atom. The number of nitrogens with zero attached hydrogens (tertiary/aromatic N) is 5. The molecule has 0 aliphatic carbocycles. The molecule has 1 fully saturated rings. The van der Waals surface area contributed by atoms with Crippen LogP contribution in [0.2, 0.25) is 0 Å². The van der Waals surface area contributed by atoms with Crippen molar-refractivity contribution in [3.05, 3.63) is 42.7 Å². The van der Waals surface area contributed by atoms with Crippen LogP contribution < -0.4 is 10.2 Å². The second-order valence-corrected chi connectivity index (χ2v) is 7.57. The summed E-state index contributed by atoms with van der Waals surface area (Å²) in [6.45, 7) is 9.28. The van der Waals surface area contributed by atoms with E-state index in [-0.39, 0.29) is 18.3 Å². The van der Waals surface area contributed by atoms with E-state index in [0.29, 0.717) is 12.4 Å². The molecule has 7 nitrogen and oxygen atoms in total. The van der Waals surface area contributed by atoms with Gasteiger partial charge in [0.15, 0.2) is 0 Å². The van der Waals surface area contributed by atoms with Gasteiger partial charge in [-0.15, -0.1) is 12.4 Å². The van der Waals surface area contributed by atoms with E-state index in [4.69, 9.17) is 4.98 Å². The minimum atomic E-state index is -0.0670. The zero-order chi connectivity index (χ0) is 20.9. The average molecular weight is 441 g/mol. The van der Waals surface area contributed by atoms with Gasteiger partial charge >= 0.3 is 0 Å². The van der Waals surface area contributed by atoms with Crippen LogP contribution in [0.5, 0.6) is 0 Å². The van der Waals surface area contributed by atoms with Gasteiger partial charge in [0, 0.05) is 55.9 Å². The molecular weight excluding hydrogens is 412 g/mol. The highest BCUT2D eigenvalue weighted by Gasteiger charge is 2.20. The Balaban J connectivity index is 0.00000272. The molecule has 0 saturated carbocycles. The van der Waals surface area contributed by atoms with Crippen LogP contribution in [-0.4, -0.2) is 58.5 Å². The molecule has 164 valence electrons. The molecule has 31 heavy (non-hydrogen) atoms. The number of halogens is 1. The van der Waals surface area contributed by atoms with E-state index in [9.17, 15) is 4.79 Å². The maximum Gasteiger partial charge on any atom is 0.229 e. The van der Waals surface area contributed by atoms with Crippen LogP contribution in [0, 0.1) is 0 Å². The molecule has 1 aliphatic heterocycles. The summed E-state index contributed by atoms with van der Waals surface area (Å²) >= 11 is 0. The first-order valence-electron chi connectivity index (χ1n) is 10.7. The van der Waals surface area contributed by atoms with E-state index >= 15 is 0 Å². The highest BCUT2D eigenvalue weighted by Crippen LogP contribution is 2.30. The Morgan fingerprint density at radius 1 is 1.06 bits per heavy atom. The molecule has 2 aromatic heterocycles. The summed E-state index contributed by atoms with van der Waals surface area (Å²) in [6, 6.07) is 10.4. The van der Waals surface area contributed by atoms with Gasteiger partial charge in [0.1, 0.15) is 5.82 Å². The summed E-state index contributed by atoms with van der Waals surface area (Å²) < 4.78 is 0. The van der Waals surface area contributed by atoms with Crippen LogP contribution in [0.25, 0.3) is 22.0 Å². The second-order valence-electron chi connectivity index (χ2n) is 7.57. The number of amides is 1. The molecule has 1 N–H and O–H groups in total. The van der Waals surface area contributed by atoms with Gasteiger partial charge in [-0.25, -0.2) is 15.0 Å². The predicted octanol–water partition coefficient (Wildman–Crippen LogP) is 3.99. The quantitative estimate of drug-likeness (QED) is 0.624. The van der Waals surface area contributed by atoms with Crippen LogP contribution in [0.3, 0.4) is 0 Å². The molecule has 0 unspecified atom stereocenters. The number of piperazine rings is 1. The van der Waals surface area contributed by atoms with E-state index in [0.717, 1.165) is 67.0 Å². The number of rotatable bonds is 6. The number of fused-ring (bicyclic) bond motifs is 1. The van der Waals surface area contributed by atoms with Crippen LogP contribution in [0.15, 0.2) is 42.7 Å². The molecule has 0 bridgehead atoms. The predicted molar refractivity (Wildman–Crippen MR) is 128 cm³/mol. The number of pyridine rings is 1. The molecule has 8 heteroatoms. The van der Waals surface area contributed by atoms with Gasteiger partial charge in [0.2, 0.25) is 11.9 Å². The zero-order valence-corrected chi connectivity index (χ0v) is 18.9. The molecule has 0 radical (unpaired) electrons. The molecule has 1 aromatic carbocycles. The monoisotopic (exact) mass is 440 g/mol. The maximum absolute atomic E-state index is 11.8. The standard InChI is InChI=1S/C23H28N6O.ClH/c1-3-7-21(30)27-23-24-15-18(16-25-23)20-14-17-8-5-6-9-19(17)22(26-20)29-12-10-28(4-2)11-13-29;/h5-6,8-9,14-16H,3-4,7,10-13H2,1-2H3,(H,24,25,27,30);1H. The summed E-state index contributed by atoms with van der Waals surface area (Å²) in [7, 11) is 0. The normalized spacial score (nSPS) is 14.3. The number of aromatic nitrogens is 3. The number of carbonyl (C=O) groups excluding carboxylic acids is 1. The summed E-state index contributed by atoms with van der Waals surface area (Å²) in [6.07, 6.45) is 4.71. The number of hydrogen-bond acceptors (Lipinski definition) is 6. The highest BCUT2D eigenvalue weighted by molar-refractivity contribution is 5.95. The number of likely N-dealkylation sites (N-methyl/N-ethyl adjacent to an activating group) is 1. The molecule has 1 aliphatic rings. The fraction of sp³-hybridized carbons (Fsp3) is 0.391. The van der Waals surface area contributed by atoms with E-state index in [1.54, 1.807) is 12.4 Å². The number of benzene rings is 1. The molecule has 3 heterocycles. The number of anilines is 2. The Kier molecular flexibility index (Phi) is 7.76. The van der Waals surface area contributed by atoms with Crippen LogP contribution in [0.4, 0.5) is 11.8 Å². The van der Waals surface area contributed by atoms with Gasteiger partial charge in [0.05, 0.1) is 5.69 Å². The Morgan fingerprint density at radius 3 is 2.45 bits per heavy atom. The third-order valence-electron chi connectivity index (χ3n) is 5.52. The van der Waals surface area contributed by atoms with E-state index in [2.05, 4.69) is 56.3 Å². The van der Waals surface area contributed by atoms with Gasteiger partial charge in [-0.3, -0.25) is 10.1 Å². The van der Waals surface area contributed by atoms with Crippen molar-refractivity contribution in [1.29, 1.82) is 0 Å². The topological polar surface area (TPSA) is 74.2 Å². The Bertz CT molecular complexity index is 1020. The third-order valence-corrected chi connectivity index (χ3v) is 5.52. The Hall–Kier alpha value is -2.77. The van der Waals surface area contributed by atoms with Gasteiger partial charge in [-0.2, -0.15) is 0 Å². The van der Waals surface area contributed by atoms with E-state index in [1.807, 2.05) is 13.0 Å². The first-order chi connectivity index (χ1) is 14.7. The number of nitrogens with one attached hydrogen (secondary N) is 1. The van der Waals surface area contributed by atoms with Crippen LogP contribution in [-0.2, 0) is 4.79 Å². The molecule has 1 saturated heterocycles. The van der Waals surface area contributed by atoms with Gasteiger partial charge in [0.25, 0.3) is 0 Å². The lowest BCUT2D eigenvalue weighted by molar-refractivity contribution is -0.116. The molecular formula is C23H29ClN6O. The fourth-order valence-corrected chi connectivity index (χ4v) is 3.78. The summed E-state index contributed by atoms with van der Waals surface area (Å²) in [4.78, 5) is 30.2. The third kappa shape index (κ3) is 5.29. The van der Waals surface area contributed by atoms with Crippen LogP contribution >= 0.6 is 12.4 Å². The average Bonchev–Trinajstić information content (AvgIpc) is 2.79. The zero-order valence-electron chi connectivity index (χ0n) is 18.0. The van der Waals surface area contributed by atoms with Crippen molar-refractivity contribution in [3.63, 3.8) is 0 Å². The van der Waals surface area contributed by atoms with Crippen molar-refractivity contribution in [3.8, 4) is 11.3 Å². The summed E-state index contributed by atoms with van der Waals surface area (Å²) in [5.41, 5.74) is 1.68. The van der Waals surface area contributed by atoms with Crippen molar-refractivity contribution in [2.45, 2.75) is 26.7 Å². The van der Waals surface area contributed by atoms with Gasteiger partial charge in [-0.05, 0) is 24.4 Å². The van der Waals surface area contributed by atoms with Crippen molar-refractivity contribution in [2.75, 3.05) is 42.9 Å². The SMILES string of the molecule is CCCC(=O)Nc1ncc(-c2cc3ccccc3c(N3CCN(CC)CC3)n2)cn1.Cl. The number of carbonyl (C=O) groups is 1. The molecule has 3 aromatic rings. The van der Waals surface area contributed by atoms with Crippen molar-refractivity contribution in [2.24, 2.45) is 0 Å². The lowest BCUT2D eigenvalue weighted by Crippen LogP contribution is -2.46.